The highest BCUT2D eigenvalue weighted by atomic mass is 16.5. The van der Waals surface area contributed by atoms with E-state index < -0.39 is 0 Å². The highest BCUT2D eigenvalue weighted by Crippen LogP contribution is 2.20. The van der Waals surface area contributed by atoms with Crippen molar-refractivity contribution >= 4 is 0 Å². The van der Waals surface area contributed by atoms with Crippen molar-refractivity contribution in [1.29, 1.82) is 0 Å². The van der Waals surface area contributed by atoms with Gasteiger partial charge in [-0.1, -0.05) is 24.8 Å². The first-order valence-corrected chi connectivity index (χ1v) is 9.30. The minimum absolute atomic E-state index is 0.0678. The number of aromatic amines is 1. The minimum atomic E-state index is -0.0678. The molecule has 0 unspecified atom stereocenters. The Kier molecular flexibility index (Phi) is 5.30. The number of pyridine rings is 1. The number of nitrogens with zero attached hydrogens (tertiary/aromatic N) is 3. The van der Waals surface area contributed by atoms with Gasteiger partial charge in [-0.25, -0.2) is 4.98 Å². The predicted octanol–water partition coefficient (Wildman–Crippen LogP) is 2.96. The molecule has 0 atom stereocenters. The Morgan fingerprint density at radius 2 is 2.11 bits per heavy atom. The van der Waals surface area contributed by atoms with Gasteiger partial charge >= 0.3 is 0 Å². The quantitative estimate of drug-likeness (QED) is 0.672. The summed E-state index contributed by atoms with van der Waals surface area (Å²) in [6, 6.07) is 11.8. The summed E-state index contributed by atoms with van der Waals surface area (Å²) in [4.78, 5) is 26.6. The van der Waals surface area contributed by atoms with Crippen LogP contribution in [0.15, 0.2) is 66.2 Å². The van der Waals surface area contributed by atoms with Gasteiger partial charge in [-0.05, 0) is 29.8 Å². The van der Waals surface area contributed by atoms with Crippen LogP contribution in [-0.2, 0) is 19.5 Å². The van der Waals surface area contributed by atoms with Gasteiger partial charge in [0.05, 0.1) is 11.3 Å². The Morgan fingerprint density at radius 1 is 1.25 bits per heavy atom. The molecule has 1 aliphatic heterocycles. The summed E-state index contributed by atoms with van der Waals surface area (Å²) in [6.07, 6.45) is 5.90. The Labute approximate surface area is 163 Å². The molecule has 1 aliphatic rings. The number of rotatable bonds is 6. The molecule has 0 fully saturated rings. The van der Waals surface area contributed by atoms with Crippen LogP contribution in [0.25, 0.3) is 11.4 Å². The first kappa shape index (κ1) is 18.1. The number of ether oxygens (including phenoxy) is 1. The van der Waals surface area contributed by atoms with Gasteiger partial charge in [0.25, 0.3) is 5.56 Å². The molecule has 0 spiro atoms. The Hall–Kier alpha value is -3.25. The number of hydrogen-bond donors (Lipinski definition) is 1. The van der Waals surface area contributed by atoms with Gasteiger partial charge in [-0.15, -0.1) is 0 Å². The summed E-state index contributed by atoms with van der Waals surface area (Å²) in [5, 5.41) is 0. The van der Waals surface area contributed by atoms with Crippen molar-refractivity contribution in [3.05, 3.63) is 88.6 Å². The molecule has 3 heterocycles. The van der Waals surface area contributed by atoms with E-state index in [-0.39, 0.29) is 5.56 Å². The van der Waals surface area contributed by atoms with Crippen LogP contribution in [0.4, 0.5) is 0 Å². The molecule has 2 aromatic heterocycles. The molecule has 0 aliphatic carbocycles. The van der Waals surface area contributed by atoms with Crippen molar-refractivity contribution in [2.24, 2.45) is 0 Å². The van der Waals surface area contributed by atoms with Crippen molar-refractivity contribution in [3.63, 3.8) is 0 Å². The molecule has 6 nitrogen and oxygen atoms in total. The molecule has 1 N–H and O–H groups in total. The molecule has 3 aromatic rings. The Balaban J connectivity index is 1.47. The van der Waals surface area contributed by atoms with Crippen LogP contribution >= 0.6 is 0 Å². The molecule has 4 rings (SSSR count). The van der Waals surface area contributed by atoms with Gasteiger partial charge in [0.2, 0.25) is 0 Å². The minimum Gasteiger partial charge on any atom is -0.490 e. The Morgan fingerprint density at radius 3 is 2.86 bits per heavy atom. The number of hydrogen-bond acceptors (Lipinski definition) is 5. The number of H-pyrrole nitrogens is 1. The lowest BCUT2D eigenvalue weighted by atomic mass is 10.1. The molecule has 28 heavy (non-hydrogen) atoms. The molecular formula is C22H22N4O2. The molecule has 0 saturated carbocycles. The van der Waals surface area contributed by atoms with Gasteiger partial charge in [-0.2, -0.15) is 0 Å². The lowest BCUT2D eigenvalue weighted by Gasteiger charge is -2.27. The smallest absolute Gasteiger partial charge is 0.255 e. The summed E-state index contributed by atoms with van der Waals surface area (Å²) in [5.41, 5.74) is 3.58. The van der Waals surface area contributed by atoms with E-state index in [4.69, 9.17) is 4.74 Å². The number of nitrogens with one attached hydrogen (secondary N) is 1. The highest BCUT2D eigenvalue weighted by Gasteiger charge is 2.21. The van der Waals surface area contributed by atoms with E-state index in [0.29, 0.717) is 19.0 Å². The third kappa shape index (κ3) is 4.02. The first-order chi connectivity index (χ1) is 13.7. The van der Waals surface area contributed by atoms with E-state index in [9.17, 15) is 4.79 Å². The topological polar surface area (TPSA) is 71.1 Å². The third-order valence-electron chi connectivity index (χ3n) is 4.78. The van der Waals surface area contributed by atoms with Crippen molar-refractivity contribution in [2.75, 3.05) is 13.2 Å². The average Bonchev–Trinajstić information content (AvgIpc) is 2.74. The molecule has 1 aromatic carbocycles. The van der Waals surface area contributed by atoms with E-state index in [2.05, 4.69) is 38.6 Å². The van der Waals surface area contributed by atoms with E-state index in [1.54, 1.807) is 18.5 Å². The number of benzene rings is 1. The zero-order chi connectivity index (χ0) is 19.3. The van der Waals surface area contributed by atoms with Crippen molar-refractivity contribution in [2.45, 2.75) is 19.5 Å². The van der Waals surface area contributed by atoms with Gasteiger partial charge in [0.15, 0.2) is 0 Å². The third-order valence-corrected chi connectivity index (χ3v) is 4.78. The van der Waals surface area contributed by atoms with E-state index in [1.165, 1.54) is 5.56 Å². The summed E-state index contributed by atoms with van der Waals surface area (Å²) >= 11 is 0. The summed E-state index contributed by atoms with van der Waals surface area (Å²) in [5.74, 6) is 1.41. The fourth-order valence-corrected chi connectivity index (χ4v) is 3.36. The predicted molar refractivity (Wildman–Crippen MR) is 108 cm³/mol. The largest absolute Gasteiger partial charge is 0.490 e. The van der Waals surface area contributed by atoms with Crippen LogP contribution in [0.3, 0.4) is 0 Å². The lowest BCUT2D eigenvalue weighted by Crippen LogP contribution is -2.35. The SMILES string of the molecule is C=CCOc1ccc(CN2CCc3nc(-c4cccnc4)[nH]c(=O)c3C2)cc1. The molecule has 142 valence electrons. The van der Waals surface area contributed by atoms with Crippen LogP contribution < -0.4 is 10.3 Å². The molecule has 0 radical (unpaired) electrons. The summed E-state index contributed by atoms with van der Waals surface area (Å²) in [7, 11) is 0. The van der Waals surface area contributed by atoms with Gasteiger partial charge in [0, 0.05) is 44.0 Å². The van der Waals surface area contributed by atoms with Crippen molar-refractivity contribution < 1.29 is 4.74 Å². The van der Waals surface area contributed by atoms with Crippen molar-refractivity contribution in [3.8, 4) is 17.1 Å². The molecule has 6 heteroatoms. The van der Waals surface area contributed by atoms with Crippen LogP contribution in [0, 0.1) is 0 Å². The van der Waals surface area contributed by atoms with Crippen LogP contribution in [0.1, 0.15) is 16.8 Å². The average molecular weight is 374 g/mol. The summed E-state index contributed by atoms with van der Waals surface area (Å²) < 4.78 is 5.52. The zero-order valence-electron chi connectivity index (χ0n) is 15.6. The fourth-order valence-electron chi connectivity index (χ4n) is 3.36. The maximum Gasteiger partial charge on any atom is 0.255 e. The molecular weight excluding hydrogens is 352 g/mol. The lowest BCUT2D eigenvalue weighted by molar-refractivity contribution is 0.241. The normalized spacial score (nSPS) is 13.7. The van der Waals surface area contributed by atoms with E-state index in [0.717, 1.165) is 42.1 Å². The fraction of sp³-hybridized carbons (Fsp3) is 0.227. The summed E-state index contributed by atoms with van der Waals surface area (Å²) in [6.45, 7) is 6.40. The van der Waals surface area contributed by atoms with Crippen LogP contribution in [0.5, 0.6) is 5.75 Å². The van der Waals surface area contributed by atoms with E-state index in [1.807, 2.05) is 24.3 Å². The van der Waals surface area contributed by atoms with Gasteiger partial charge < -0.3 is 9.72 Å². The molecule has 0 amide bonds. The molecule has 0 bridgehead atoms. The Bertz CT molecular complexity index is 1010. The van der Waals surface area contributed by atoms with Crippen molar-refractivity contribution in [1.82, 2.24) is 19.9 Å². The second-order valence-electron chi connectivity index (χ2n) is 6.79. The second-order valence-corrected chi connectivity index (χ2v) is 6.79. The van der Waals surface area contributed by atoms with E-state index >= 15 is 0 Å². The van der Waals surface area contributed by atoms with Crippen LogP contribution in [0.2, 0.25) is 0 Å². The zero-order valence-corrected chi connectivity index (χ0v) is 15.6. The number of aromatic nitrogens is 3. The highest BCUT2D eigenvalue weighted by molar-refractivity contribution is 5.53. The maximum atomic E-state index is 12.6. The van der Waals surface area contributed by atoms with Gasteiger partial charge in [0.1, 0.15) is 18.2 Å². The molecule has 0 saturated heterocycles. The first-order valence-electron chi connectivity index (χ1n) is 9.30. The van der Waals surface area contributed by atoms with Crippen LogP contribution in [-0.4, -0.2) is 33.0 Å². The maximum absolute atomic E-state index is 12.6. The number of fused-ring (bicyclic) bond motifs is 1. The standard InChI is InChI=1S/C22H22N4O2/c1-2-12-28-18-7-5-16(6-8-18)14-26-11-9-20-19(15-26)22(27)25-21(24-20)17-4-3-10-23-13-17/h2-8,10,13H,1,9,11-12,14-15H2,(H,24,25,27). The monoisotopic (exact) mass is 374 g/mol. The second kappa shape index (κ2) is 8.19. The van der Waals surface area contributed by atoms with Gasteiger partial charge in [-0.3, -0.25) is 14.7 Å².